The predicted octanol–water partition coefficient (Wildman–Crippen LogP) is 3.43. The van der Waals surface area contributed by atoms with Crippen LogP contribution in [0.15, 0.2) is 18.2 Å². The lowest BCUT2D eigenvalue weighted by Gasteiger charge is -2.32. The Kier molecular flexibility index (Phi) is 5.30. The van der Waals surface area contributed by atoms with Crippen LogP contribution in [0.4, 0.5) is 5.69 Å². The lowest BCUT2D eigenvalue weighted by Crippen LogP contribution is -2.43. The molecule has 154 valence electrons. The SMILES string of the molecule is Cc1nc2cccc(O[C@H]3CC[C@H](NC(=O)C4CCC4)CC3)c2c(N)c1C(=O)O. The number of amides is 1. The third-order valence-electron chi connectivity index (χ3n) is 6.20. The molecule has 0 radical (unpaired) electrons. The van der Waals surface area contributed by atoms with Crippen molar-refractivity contribution in [2.75, 3.05) is 5.73 Å². The Hall–Kier alpha value is -2.83. The molecule has 0 saturated heterocycles. The van der Waals surface area contributed by atoms with Crippen molar-refractivity contribution >= 4 is 28.5 Å². The highest BCUT2D eigenvalue weighted by Gasteiger charge is 2.29. The number of hydrogen-bond acceptors (Lipinski definition) is 5. The van der Waals surface area contributed by atoms with Crippen molar-refractivity contribution in [1.82, 2.24) is 10.3 Å². The second kappa shape index (κ2) is 7.89. The van der Waals surface area contributed by atoms with E-state index >= 15 is 0 Å². The molecule has 0 aliphatic heterocycles. The first-order valence-corrected chi connectivity index (χ1v) is 10.3. The molecule has 7 heteroatoms. The molecular formula is C22H27N3O4. The zero-order chi connectivity index (χ0) is 20.5. The van der Waals surface area contributed by atoms with Gasteiger partial charge in [-0.3, -0.25) is 9.78 Å². The number of nitrogens with zero attached hydrogens (tertiary/aromatic N) is 1. The van der Waals surface area contributed by atoms with Gasteiger partial charge in [0, 0.05) is 12.0 Å². The number of pyridine rings is 1. The number of aryl methyl sites for hydroxylation is 1. The van der Waals surface area contributed by atoms with Gasteiger partial charge in [0.05, 0.1) is 28.4 Å². The van der Waals surface area contributed by atoms with E-state index in [0.717, 1.165) is 44.9 Å². The van der Waals surface area contributed by atoms with Gasteiger partial charge in [-0.25, -0.2) is 4.79 Å². The maximum Gasteiger partial charge on any atom is 0.339 e. The number of hydrogen-bond donors (Lipinski definition) is 3. The van der Waals surface area contributed by atoms with Gasteiger partial charge in [-0.1, -0.05) is 12.5 Å². The molecule has 2 saturated carbocycles. The number of nitrogens with one attached hydrogen (secondary N) is 1. The maximum atomic E-state index is 12.2. The average molecular weight is 397 g/mol. The van der Waals surface area contributed by atoms with Crippen LogP contribution in [0.5, 0.6) is 5.75 Å². The van der Waals surface area contributed by atoms with Gasteiger partial charge in [-0.15, -0.1) is 0 Å². The first-order chi connectivity index (χ1) is 13.9. The van der Waals surface area contributed by atoms with Crippen LogP contribution in [0.25, 0.3) is 10.9 Å². The summed E-state index contributed by atoms with van der Waals surface area (Å²) in [5.41, 5.74) is 7.44. The van der Waals surface area contributed by atoms with Crippen LogP contribution in [-0.4, -0.2) is 34.1 Å². The van der Waals surface area contributed by atoms with Gasteiger partial charge in [-0.2, -0.15) is 0 Å². The van der Waals surface area contributed by atoms with E-state index in [4.69, 9.17) is 10.5 Å². The molecule has 4 N–H and O–H groups in total. The minimum absolute atomic E-state index is 0.00596. The minimum Gasteiger partial charge on any atom is -0.490 e. The number of benzene rings is 1. The molecule has 0 bridgehead atoms. The Morgan fingerprint density at radius 3 is 2.52 bits per heavy atom. The molecule has 4 rings (SSSR count). The fourth-order valence-electron chi connectivity index (χ4n) is 4.30. The molecule has 0 spiro atoms. The normalized spacial score (nSPS) is 22.1. The predicted molar refractivity (Wildman–Crippen MR) is 110 cm³/mol. The van der Waals surface area contributed by atoms with E-state index in [1.54, 1.807) is 6.92 Å². The highest BCUT2D eigenvalue weighted by Crippen LogP contribution is 2.35. The molecule has 0 unspecified atom stereocenters. The van der Waals surface area contributed by atoms with Crippen LogP contribution < -0.4 is 15.8 Å². The van der Waals surface area contributed by atoms with Crippen molar-refractivity contribution in [3.05, 3.63) is 29.5 Å². The smallest absolute Gasteiger partial charge is 0.339 e. The highest BCUT2D eigenvalue weighted by molar-refractivity contribution is 6.06. The molecule has 1 aromatic carbocycles. The van der Waals surface area contributed by atoms with E-state index in [2.05, 4.69) is 10.3 Å². The maximum absolute atomic E-state index is 12.2. The third-order valence-corrected chi connectivity index (χ3v) is 6.20. The number of carboxylic acid groups (broad SMARTS) is 1. The van der Waals surface area contributed by atoms with E-state index in [-0.39, 0.29) is 35.2 Å². The van der Waals surface area contributed by atoms with Gasteiger partial charge in [0.25, 0.3) is 0 Å². The molecule has 7 nitrogen and oxygen atoms in total. The van der Waals surface area contributed by atoms with Crippen LogP contribution in [-0.2, 0) is 4.79 Å². The van der Waals surface area contributed by atoms with Gasteiger partial charge in [0.1, 0.15) is 11.3 Å². The Labute approximate surface area is 169 Å². The zero-order valence-corrected chi connectivity index (χ0v) is 16.6. The number of aromatic carboxylic acids is 1. The first-order valence-electron chi connectivity index (χ1n) is 10.3. The van der Waals surface area contributed by atoms with Crippen LogP contribution >= 0.6 is 0 Å². The number of rotatable bonds is 5. The third kappa shape index (κ3) is 3.86. The van der Waals surface area contributed by atoms with Crippen LogP contribution in [0.1, 0.15) is 61.0 Å². The van der Waals surface area contributed by atoms with Gasteiger partial charge in [0.15, 0.2) is 0 Å². The summed E-state index contributed by atoms with van der Waals surface area (Å²) in [6, 6.07) is 5.67. The Morgan fingerprint density at radius 1 is 1.17 bits per heavy atom. The Balaban J connectivity index is 1.47. The van der Waals surface area contributed by atoms with Crippen molar-refractivity contribution in [3.63, 3.8) is 0 Å². The van der Waals surface area contributed by atoms with Gasteiger partial charge in [-0.05, 0) is 57.6 Å². The second-order valence-electron chi connectivity index (χ2n) is 8.17. The average Bonchev–Trinajstić information content (AvgIpc) is 2.61. The Bertz CT molecular complexity index is 947. The highest BCUT2D eigenvalue weighted by atomic mass is 16.5. The van der Waals surface area contributed by atoms with Crippen LogP contribution in [0, 0.1) is 12.8 Å². The summed E-state index contributed by atoms with van der Waals surface area (Å²) in [4.78, 5) is 28.1. The standard InChI is InChI=1S/C22H27N3O4/c1-12-18(22(27)28)20(23)19-16(24-12)6-3-7-17(19)29-15-10-8-14(9-11-15)25-21(26)13-4-2-5-13/h3,6-7,13-15H,2,4-5,8-11H2,1H3,(H2,23,24)(H,25,26)(H,27,28)/t14-,15-. The number of nitrogen functional groups attached to an aromatic ring is 1. The molecule has 0 atom stereocenters. The minimum atomic E-state index is -1.09. The van der Waals surface area contributed by atoms with Crippen molar-refractivity contribution in [2.45, 2.75) is 64.0 Å². The van der Waals surface area contributed by atoms with E-state index in [0.29, 0.717) is 22.3 Å². The lowest BCUT2D eigenvalue weighted by molar-refractivity contribution is -0.128. The van der Waals surface area contributed by atoms with E-state index in [1.807, 2.05) is 18.2 Å². The van der Waals surface area contributed by atoms with E-state index in [9.17, 15) is 14.7 Å². The van der Waals surface area contributed by atoms with Gasteiger partial charge >= 0.3 is 5.97 Å². The summed E-state index contributed by atoms with van der Waals surface area (Å²) in [6.07, 6.45) is 6.60. The quantitative estimate of drug-likeness (QED) is 0.712. The molecule has 29 heavy (non-hydrogen) atoms. The summed E-state index contributed by atoms with van der Waals surface area (Å²) < 4.78 is 6.23. The number of fused-ring (bicyclic) bond motifs is 1. The van der Waals surface area contributed by atoms with Crippen LogP contribution in [0.2, 0.25) is 0 Å². The molecule has 2 aromatic rings. The monoisotopic (exact) mass is 397 g/mol. The van der Waals surface area contributed by atoms with E-state index in [1.165, 1.54) is 0 Å². The molecule has 2 aliphatic rings. The molecular weight excluding hydrogens is 370 g/mol. The topological polar surface area (TPSA) is 115 Å². The Morgan fingerprint density at radius 2 is 1.90 bits per heavy atom. The number of nitrogens with two attached hydrogens (primary N) is 1. The number of carbonyl (C=O) groups excluding carboxylic acids is 1. The lowest BCUT2D eigenvalue weighted by atomic mass is 9.84. The van der Waals surface area contributed by atoms with Crippen molar-refractivity contribution in [2.24, 2.45) is 5.92 Å². The number of aromatic nitrogens is 1. The summed E-state index contributed by atoms with van der Waals surface area (Å²) in [6.45, 7) is 1.64. The zero-order valence-electron chi connectivity index (χ0n) is 16.6. The van der Waals surface area contributed by atoms with E-state index < -0.39 is 5.97 Å². The van der Waals surface area contributed by atoms with Crippen molar-refractivity contribution < 1.29 is 19.4 Å². The second-order valence-corrected chi connectivity index (χ2v) is 8.17. The molecule has 2 aliphatic carbocycles. The molecule has 1 amide bonds. The summed E-state index contributed by atoms with van der Waals surface area (Å²) in [5, 5.41) is 13.2. The molecule has 2 fully saturated rings. The molecule has 1 heterocycles. The summed E-state index contributed by atoms with van der Waals surface area (Å²) in [7, 11) is 0. The summed E-state index contributed by atoms with van der Waals surface area (Å²) >= 11 is 0. The van der Waals surface area contributed by atoms with Gasteiger partial charge < -0.3 is 20.9 Å². The largest absolute Gasteiger partial charge is 0.490 e. The fraction of sp³-hybridized carbons (Fsp3) is 0.500. The van der Waals surface area contributed by atoms with Crippen molar-refractivity contribution in [1.29, 1.82) is 0 Å². The fourth-order valence-corrected chi connectivity index (χ4v) is 4.30. The van der Waals surface area contributed by atoms with Crippen LogP contribution in [0.3, 0.4) is 0 Å². The molecule has 1 aromatic heterocycles. The number of ether oxygens (including phenoxy) is 1. The summed E-state index contributed by atoms with van der Waals surface area (Å²) in [5.74, 6) is -0.115. The van der Waals surface area contributed by atoms with Gasteiger partial charge in [0.2, 0.25) is 5.91 Å². The number of carbonyl (C=O) groups is 2. The number of carboxylic acids is 1. The first kappa shape index (κ1) is 19.5. The van der Waals surface area contributed by atoms with Crippen molar-refractivity contribution in [3.8, 4) is 5.75 Å². The number of anilines is 1.